The van der Waals surface area contributed by atoms with E-state index in [9.17, 15) is 24.4 Å². The Kier molecular flexibility index (Phi) is 15.5. The van der Waals surface area contributed by atoms with Crippen molar-refractivity contribution in [3.63, 3.8) is 0 Å². The zero-order valence-corrected chi connectivity index (χ0v) is 42.2. The van der Waals surface area contributed by atoms with E-state index in [1.807, 2.05) is 137 Å². The molecule has 0 radical (unpaired) electrons. The van der Waals surface area contributed by atoms with Crippen molar-refractivity contribution in [2.75, 3.05) is 26.2 Å². The van der Waals surface area contributed by atoms with Crippen LogP contribution in [0.5, 0.6) is 0 Å². The van der Waals surface area contributed by atoms with Gasteiger partial charge in [0, 0.05) is 50.4 Å². The number of nitrogens with zero attached hydrogens (tertiary/aromatic N) is 2. The molecular formula is C57H68B2N4O8. The van der Waals surface area contributed by atoms with Crippen molar-refractivity contribution in [1.82, 2.24) is 15.1 Å². The van der Waals surface area contributed by atoms with E-state index in [0.29, 0.717) is 67.7 Å². The van der Waals surface area contributed by atoms with Gasteiger partial charge in [0.05, 0.1) is 11.2 Å². The van der Waals surface area contributed by atoms with Gasteiger partial charge < -0.3 is 44.9 Å². The zero-order valence-electron chi connectivity index (χ0n) is 42.2. The van der Waals surface area contributed by atoms with Crippen LogP contribution in [0.3, 0.4) is 0 Å². The van der Waals surface area contributed by atoms with Crippen molar-refractivity contribution in [3.05, 3.63) is 155 Å². The van der Waals surface area contributed by atoms with Gasteiger partial charge in [-0.05, 0) is 153 Å². The molecule has 9 rings (SSSR count). The van der Waals surface area contributed by atoms with Gasteiger partial charge in [-0.3, -0.25) is 9.59 Å². The third-order valence-corrected chi connectivity index (χ3v) is 14.6. The highest BCUT2D eigenvalue weighted by Gasteiger charge is 2.51. The summed E-state index contributed by atoms with van der Waals surface area (Å²) in [4.78, 5) is 43.0. The molecule has 0 unspecified atom stereocenters. The number of ether oxygens (including phenoxy) is 1. The standard InChI is InChI=1S/C34H43BN2O5.C23H25BN2O3/c1-32(2,3)40-31(39)36-22-23-10-8-12-26(20-23)24-16-18-37(19-17-24)30(38)28-13-9-11-25-14-15-27(21-29(25)28)35-41-33(4,5)34(6,7)42-35;25-15-16-3-1-5-19(13-16)17-9-11-26(12-10-17)23(27)21-6-2-4-18-7-8-20(24(28)29)14-22(18)21/h8-15,20-21,24H,16-19,22H2,1-7H3,(H,36,39);1-8,13-14,17,28-29H,9-12,15,25H2. The molecule has 71 heavy (non-hydrogen) atoms. The third-order valence-electron chi connectivity index (χ3n) is 14.6. The Bertz CT molecular complexity index is 2870. The first-order chi connectivity index (χ1) is 33.8. The number of likely N-dealkylation sites (tertiary alicyclic amines) is 2. The lowest BCUT2D eigenvalue weighted by atomic mass is 9.78. The van der Waals surface area contributed by atoms with Crippen molar-refractivity contribution in [3.8, 4) is 0 Å². The molecule has 3 amide bonds. The lowest BCUT2D eigenvalue weighted by molar-refractivity contribution is 0.00578. The monoisotopic (exact) mass is 959 g/mol. The van der Waals surface area contributed by atoms with Gasteiger partial charge in [0.2, 0.25) is 0 Å². The number of nitrogens with two attached hydrogens (primary N) is 1. The van der Waals surface area contributed by atoms with E-state index in [2.05, 4.69) is 35.6 Å². The largest absolute Gasteiger partial charge is 0.494 e. The van der Waals surface area contributed by atoms with E-state index in [-0.39, 0.29) is 11.8 Å². The van der Waals surface area contributed by atoms with E-state index in [4.69, 9.17) is 19.8 Å². The highest BCUT2D eigenvalue weighted by Crippen LogP contribution is 2.37. The maximum absolute atomic E-state index is 13.8. The fraction of sp³-hybridized carbons (Fsp3) is 0.386. The molecule has 3 fully saturated rings. The molecule has 14 heteroatoms. The Morgan fingerprint density at radius 3 is 1.66 bits per heavy atom. The molecule has 0 bridgehead atoms. The van der Waals surface area contributed by atoms with E-state index in [1.165, 1.54) is 11.1 Å². The van der Waals surface area contributed by atoms with Crippen LogP contribution in [0, 0.1) is 0 Å². The number of hydrogen-bond acceptors (Lipinski definition) is 9. The highest BCUT2D eigenvalue weighted by atomic mass is 16.7. The average molecular weight is 959 g/mol. The molecule has 5 N–H and O–H groups in total. The first-order valence-electron chi connectivity index (χ1n) is 25.0. The Labute approximate surface area is 419 Å². The van der Waals surface area contributed by atoms with Gasteiger partial charge in [0.15, 0.2) is 0 Å². The molecule has 0 spiro atoms. The summed E-state index contributed by atoms with van der Waals surface area (Å²) in [6.07, 6.45) is 3.20. The van der Waals surface area contributed by atoms with E-state index < -0.39 is 37.1 Å². The summed E-state index contributed by atoms with van der Waals surface area (Å²) in [5.74, 6) is 0.849. The summed E-state index contributed by atoms with van der Waals surface area (Å²) < 4.78 is 17.9. The fourth-order valence-electron chi connectivity index (χ4n) is 9.83. The van der Waals surface area contributed by atoms with Gasteiger partial charge >= 0.3 is 20.3 Å². The van der Waals surface area contributed by atoms with Gasteiger partial charge in [-0.2, -0.15) is 0 Å². The third kappa shape index (κ3) is 12.0. The topological polar surface area (TPSA) is 164 Å². The molecule has 3 aliphatic heterocycles. The zero-order chi connectivity index (χ0) is 50.7. The molecule has 3 saturated heterocycles. The predicted molar refractivity (Wildman–Crippen MR) is 283 cm³/mol. The molecule has 3 aliphatic rings. The smallest absolute Gasteiger partial charge is 0.444 e. The second-order valence-corrected chi connectivity index (χ2v) is 21.2. The van der Waals surface area contributed by atoms with E-state index in [0.717, 1.165) is 63.8 Å². The first-order valence-corrected chi connectivity index (χ1v) is 25.0. The van der Waals surface area contributed by atoms with Crippen LogP contribution in [0.15, 0.2) is 121 Å². The number of carbonyl (C=O) groups excluding carboxylic acids is 3. The van der Waals surface area contributed by atoms with Crippen LogP contribution in [0.4, 0.5) is 4.79 Å². The summed E-state index contributed by atoms with van der Waals surface area (Å²) >= 11 is 0. The number of nitrogens with one attached hydrogen (secondary N) is 1. The normalized spacial score (nSPS) is 17.2. The average Bonchev–Trinajstić information content (AvgIpc) is 3.59. The van der Waals surface area contributed by atoms with Crippen molar-refractivity contribution >= 4 is 64.6 Å². The van der Waals surface area contributed by atoms with Gasteiger partial charge in [-0.25, -0.2) is 4.79 Å². The van der Waals surface area contributed by atoms with Gasteiger partial charge in [0.25, 0.3) is 11.8 Å². The highest BCUT2D eigenvalue weighted by molar-refractivity contribution is 6.62. The minimum Gasteiger partial charge on any atom is -0.444 e. The predicted octanol–water partition coefficient (Wildman–Crippen LogP) is 8.18. The lowest BCUT2D eigenvalue weighted by Crippen LogP contribution is -2.41. The summed E-state index contributed by atoms with van der Waals surface area (Å²) in [6.45, 7) is 17.5. The fourth-order valence-corrected chi connectivity index (χ4v) is 9.83. The van der Waals surface area contributed by atoms with Gasteiger partial charge in [0.1, 0.15) is 5.60 Å². The Morgan fingerprint density at radius 2 is 1.15 bits per heavy atom. The van der Waals surface area contributed by atoms with Crippen LogP contribution in [-0.4, -0.2) is 95.0 Å². The van der Waals surface area contributed by atoms with Crippen LogP contribution < -0.4 is 22.0 Å². The van der Waals surface area contributed by atoms with Gasteiger partial charge in [-0.15, -0.1) is 0 Å². The second kappa shape index (κ2) is 21.4. The second-order valence-electron chi connectivity index (χ2n) is 21.2. The SMILES string of the molecule is CC(C)(C)OC(=O)NCc1cccc(C2CCN(C(=O)c3cccc4ccc(B5OC(C)(C)C(C)(C)O5)cc34)CC2)c1.NCc1cccc(C2CCN(C(=O)c3cccc4ccc(B(O)O)cc34)CC2)c1. The van der Waals surface area contributed by atoms with Crippen LogP contribution >= 0.6 is 0 Å². The van der Waals surface area contributed by atoms with E-state index in [1.54, 1.807) is 12.1 Å². The molecule has 0 aliphatic carbocycles. The van der Waals surface area contributed by atoms with Gasteiger partial charge in [-0.1, -0.05) is 109 Å². The molecule has 3 heterocycles. The number of rotatable bonds is 9. The quantitative estimate of drug-likeness (QED) is 0.105. The van der Waals surface area contributed by atoms with E-state index >= 15 is 0 Å². The Hall–Kier alpha value is -6.02. The number of carbonyl (C=O) groups is 3. The molecule has 370 valence electrons. The molecule has 0 aromatic heterocycles. The number of benzene rings is 6. The summed E-state index contributed by atoms with van der Waals surface area (Å²) in [6, 6.07) is 39.6. The summed E-state index contributed by atoms with van der Waals surface area (Å²) in [5.41, 5.74) is 11.7. The summed E-state index contributed by atoms with van der Waals surface area (Å²) in [7, 11) is -2.03. The van der Waals surface area contributed by atoms with Crippen LogP contribution in [0.1, 0.15) is 129 Å². The van der Waals surface area contributed by atoms with Crippen LogP contribution in [0.25, 0.3) is 21.5 Å². The van der Waals surface area contributed by atoms with Crippen LogP contribution in [0.2, 0.25) is 0 Å². The van der Waals surface area contributed by atoms with Crippen LogP contribution in [-0.2, 0) is 27.1 Å². The molecular weight excluding hydrogens is 890 g/mol. The molecule has 6 aromatic rings. The Balaban J connectivity index is 0.000000204. The molecule has 0 atom stereocenters. The van der Waals surface area contributed by atoms with Crippen molar-refractivity contribution in [2.24, 2.45) is 5.73 Å². The number of piperidine rings is 2. The summed E-state index contributed by atoms with van der Waals surface area (Å²) in [5, 5.41) is 25.4. The number of amides is 3. The Morgan fingerprint density at radius 1 is 0.676 bits per heavy atom. The molecule has 12 nitrogen and oxygen atoms in total. The number of fused-ring (bicyclic) bond motifs is 2. The molecule has 6 aromatic carbocycles. The molecule has 0 saturated carbocycles. The van der Waals surface area contributed by atoms with Crippen molar-refractivity contribution in [1.29, 1.82) is 0 Å². The number of hydrogen-bond donors (Lipinski definition) is 4. The number of alkyl carbamates (subject to hydrolysis) is 1. The minimum atomic E-state index is -1.55. The minimum absolute atomic E-state index is 0.00524. The van der Waals surface area contributed by atoms with Crippen molar-refractivity contribution < 1.29 is 38.5 Å². The van der Waals surface area contributed by atoms with Crippen molar-refractivity contribution in [2.45, 2.75) is 116 Å². The lowest BCUT2D eigenvalue weighted by Gasteiger charge is -2.32. The maximum atomic E-state index is 13.8. The maximum Gasteiger partial charge on any atom is 0.494 e. The first kappa shape index (κ1) is 51.3.